The first-order valence-corrected chi connectivity index (χ1v) is 10.3. The Balaban J connectivity index is 1.95. The number of nitrogens with zero attached hydrogens (tertiary/aromatic N) is 2. The third kappa shape index (κ3) is 7.69. The minimum Gasteiger partial charge on any atom is -0.459 e. The van der Waals surface area contributed by atoms with Crippen molar-refractivity contribution in [3.8, 4) is 0 Å². The van der Waals surface area contributed by atoms with Crippen molar-refractivity contribution in [2.75, 3.05) is 18.4 Å². The number of hydrogen-bond donors (Lipinski definition) is 2. The smallest absolute Gasteiger partial charge is 0.290 e. The second-order valence-electron chi connectivity index (χ2n) is 8.22. The summed E-state index contributed by atoms with van der Waals surface area (Å²) in [6, 6.07) is 3.21. The Hall–Kier alpha value is -2.68. The molecular formula is C20H28N4O4S. The molecule has 0 aliphatic carbocycles. The minimum atomic E-state index is -0.356. The van der Waals surface area contributed by atoms with Gasteiger partial charge < -0.3 is 20.0 Å². The molecule has 2 heterocycles. The van der Waals surface area contributed by atoms with Crippen LogP contribution in [0.3, 0.4) is 0 Å². The highest BCUT2D eigenvalue weighted by Gasteiger charge is 2.22. The summed E-state index contributed by atoms with van der Waals surface area (Å²) in [4.78, 5) is 42.8. The Morgan fingerprint density at radius 1 is 1.24 bits per heavy atom. The van der Waals surface area contributed by atoms with Gasteiger partial charge in [0.05, 0.1) is 18.4 Å². The Morgan fingerprint density at radius 2 is 1.97 bits per heavy atom. The van der Waals surface area contributed by atoms with Crippen LogP contribution in [-0.4, -0.2) is 46.2 Å². The van der Waals surface area contributed by atoms with Crippen LogP contribution >= 0.6 is 11.3 Å². The van der Waals surface area contributed by atoms with Gasteiger partial charge in [0.2, 0.25) is 11.8 Å². The lowest BCUT2D eigenvalue weighted by atomic mass is 10.1. The molecule has 0 aromatic carbocycles. The monoisotopic (exact) mass is 420 g/mol. The van der Waals surface area contributed by atoms with Crippen LogP contribution in [0.5, 0.6) is 0 Å². The predicted molar refractivity (Wildman–Crippen MR) is 112 cm³/mol. The first-order chi connectivity index (χ1) is 13.5. The third-order valence-corrected chi connectivity index (χ3v) is 4.40. The Bertz CT molecular complexity index is 837. The normalized spacial score (nSPS) is 11.4. The van der Waals surface area contributed by atoms with Crippen molar-refractivity contribution in [2.24, 2.45) is 5.92 Å². The molecule has 0 atom stereocenters. The average Bonchev–Trinajstić information content (AvgIpc) is 3.23. The molecule has 0 spiro atoms. The largest absolute Gasteiger partial charge is 0.459 e. The lowest BCUT2D eigenvalue weighted by Crippen LogP contribution is -2.41. The molecule has 2 aromatic heterocycles. The number of carbonyl (C=O) groups is 3. The number of thiazole rings is 1. The van der Waals surface area contributed by atoms with E-state index in [2.05, 4.69) is 15.6 Å². The van der Waals surface area contributed by atoms with Crippen LogP contribution in [0, 0.1) is 5.92 Å². The molecule has 0 saturated heterocycles. The van der Waals surface area contributed by atoms with E-state index >= 15 is 0 Å². The topological polar surface area (TPSA) is 105 Å². The highest BCUT2D eigenvalue weighted by molar-refractivity contribution is 7.13. The molecule has 0 saturated carbocycles. The van der Waals surface area contributed by atoms with Gasteiger partial charge in [-0.1, -0.05) is 13.8 Å². The molecule has 0 fully saturated rings. The number of furan rings is 1. The zero-order valence-corrected chi connectivity index (χ0v) is 18.3. The van der Waals surface area contributed by atoms with E-state index in [1.807, 2.05) is 34.6 Å². The van der Waals surface area contributed by atoms with Gasteiger partial charge in [0.25, 0.3) is 5.91 Å². The number of hydrogen-bond acceptors (Lipinski definition) is 6. The maximum absolute atomic E-state index is 12.6. The number of anilines is 1. The van der Waals surface area contributed by atoms with Crippen LogP contribution in [0.25, 0.3) is 0 Å². The van der Waals surface area contributed by atoms with Gasteiger partial charge in [-0.3, -0.25) is 14.4 Å². The van der Waals surface area contributed by atoms with Crippen LogP contribution in [0.15, 0.2) is 28.2 Å². The van der Waals surface area contributed by atoms with Gasteiger partial charge in [-0.15, -0.1) is 11.3 Å². The van der Waals surface area contributed by atoms with E-state index < -0.39 is 0 Å². The van der Waals surface area contributed by atoms with Crippen LogP contribution in [0.4, 0.5) is 5.13 Å². The molecule has 158 valence electrons. The Labute approximate surface area is 174 Å². The van der Waals surface area contributed by atoms with E-state index in [0.29, 0.717) is 17.4 Å². The zero-order valence-electron chi connectivity index (χ0n) is 17.4. The molecule has 2 rings (SSSR count). The van der Waals surface area contributed by atoms with E-state index in [0.717, 1.165) is 0 Å². The van der Waals surface area contributed by atoms with E-state index in [1.165, 1.54) is 22.5 Å². The molecule has 2 aromatic rings. The van der Waals surface area contributed by atoms with Crippen molar-refractivity contribution < 1.29 is 18.8 Å². The highest BCUT2D eigenvalue weighted by atomic mass is 32.1. The van der Waals surface area contributed by atoms with Gasteiger partial charge in [0, 0.05) is 17.5 Å². The fraction of sp³-hybridized carbons (Fsp3) is 0.500. The summed E-state index contributed by atoms with van der Waals surface area (Å²) in [6.45, 7) is 9.96. The van der Waals surface area contributed by atoms with E-state index in [-0.39, 0.29) is 47.9 Å². The van der Waals surface area contributed by atoms with Gasteiger partial charge in [0.15, 0.2) is 10.9 Å². The number of nitrogens with one attached hydrogen (secondary N) is 2. The molecule has 0 aliphatic rings. The van der Waals surface area contributed by atoms with Crippen LogP contribution in [0.2, 0.25) is 0 Å². The summed E-state index contributed by atoms with van der Waals surface area (Å²) in [5.41, 5.74) is 0.266. The van der Waals surface area contributed by atoms with Gasteiger partial charge in [-0.05, 0) is 38.8 Å². The quantitative estimate of drug-likeness (QED) is 0.683. The summed E-state index contributed by atoms with van der Waals surface area (Å²) >= 11 is 1.24. The summed E-state index contributed by atoms with van der Waals surface area (Å²) < 4.78 is 5.16. The molecular weight excluding hydrogens is 392 g/mol. The molecule has 0 radical (unpaired) electrons. The fourth-order valence-corrected chi connectivity index (χ4v) is 3.35. The van der Waals surface area contributed by atoms with Gasteiger partial charge in [-0.25, -0.2) is 4.98 Å². The Kier molecular flexibility index (Phi) is 7.55. The maximum atomic E-state index is 12.6. The third-order valence-electron chi connectivity index (χ3n) is 3.59. The number of carbonyl (C=O) groups excluding carboxylic acids is 3. The van der Waals surface area contributed by atoms with E-state index in [9.17, 15) is 14.4 Å². The summed E-state index contributed by atoms with van der Waals surface area (Å²) in [7, 11) is 0. The first-order valence-electron chi connectivity index (χ1n) is 9.41. The molecule has 0 bridgehead atoms. The molecule has 3 amide bonds. The molecule has 0 unspecified atom stereocenters. The van der Waals surface area contributed by atoms with Gasteiger partial charge >= 0.3 is 0 Å². The fourth-order valence-electron chi connectivity index (χ4n) is 2.62. The maximum Gasteiger partial charge on any atom is 0.290 e. The van der Waals surface area contributed by atoms with E-state index in [4.69, 9.17) is 4.42 Å². The van der Waals surface area contributed by atoms with Crippen molar-refractivity contribution in [1.29, 1.82) is 0 Å². The van der Waals surface area contributed by atoms with Crippen LogP contribution in [0.1, 0.15) is 50.9 Å². The summed E-state index contributed by atoms with van der Waals surface area (Å²) in [5, 5.41) is 7.70. The van der Waals surface area contributed by atoms with E-state index in [1.54, 1.807) is 17.5 Å². The molecule has 0 aliphatic heterocycles. The average molecular weight is 421 g/mol. The van der Waals surface area contributed by atoms with Crippen molar-refractivity contribution in [1.82, 2.24) is 15.2 Å². The molecule has 9 heteroatoms. The number of aromatic nitrogens is 1. The minimum absolute atomic E-state index is 0.114. The van der Waals surface area contributed by atoms with Crippen LogP contribution in [-0.2, 0) is 16.0 Å². The molecule has 8 nitrogen and oxygen atoms in total. The summed E-state index contributed by atoms with van der Waals surface area (Å²) in [6.07, 6.45) is 1.56. The standard InChI is InChI=1S/C20H28N4O4S/c1-13(2)10-24(18(27)15-7-6-8-28-15)11-17(26)22-19-21-14(12-29-19)9-16(25)23-20(3,4)5/h6-8,12-13H,9-11H2,1-5H3,(H,23,25)(H,21,22,26). The molecule has 2 N–H and O–H groups in total. The predicted octanol–water partition coefficient (Wildman–Crippen LogP) is 2.93. The number of rotatable bonds is 8. The van der Waals surface area contributed by atoms with Crippen LogP contribution < -0.4 is 10.6 Å². The lowest BCUT2D eigenvalue weighted by Gasteiger charge is -2.22. The second-order valence-corrected chi connectivity index (χ2v) is 9.08. The first kappa shape index (κ1) is 22.6. The second kappa shape index (κ2) is 9.69. The highest BCUT2D eigenvalue weighted by Crippen LogP contribution is 2.17. The molecule has 29 heavy (non-hydrogen) atoms. The van der Waals surface area contributed by atoms with Gasteiger partial charge in [0.1, 0.15) is 6.54 Å². The van der Waals surface area contributed by atoms with Crippen molar-refractivity contribution in [2.45, 2.75) is 46.6 Å². The SMILES string of the molecule is CC(C)CN(CC(=O)Nc1nc(CC(=O)NC(C)(C)C)cs1)C(=O)c1ccco1. The van der Waals surface area contributed by atoms with Gasteiger partial charge in [-0.2, -0.15) is 0 Å². The number of amides is 3. The zero-order chi connectivity index (χ0) is 21.6. The van der Waals surface area contributed by atoms with Crippen molar-refractivity contribution in [3.05, 3.63) is 35.2 Å². The van der Waals surface area contributed by atoms with Crippen molar-refractivity contribution >= 4 is 34.2 Å². The summed E-state index contributed by atoms with van der Waals surface area (Å²) in [5.74, 6) is -0.440. The lowest BCUT2D eigenvalue weighted by molar-refractivity contribution is -0.122. The Morgan fingerprint density at radius 3 is 2.55 bits per heavy atom. The van der Waals surface area contributed by atoms with Crippen molar-refractivity contribution in [3.63, 3.8) is 0 Å².